The highest BCUT2D eigenvalue weighted by Gasteiger charge is 2.18. The topological polar surface area (TPSA) is 56.3 Å². The lowest BCUT2D eigenvalue weighted by molar-refractivity contribution is -0.138. The summed E-state index contributed by atoms with van der Waals surface area (Å²) in [6.07, 6.45) is 3.15. The van der Waals surface area contributed by atoms with Crippen LogP contribution in [0.15, 0.2) is 24.4 Å². The number of ether oxygens (including phenoxy) is 1. The van der Waals surface area contributed by atoms with Crippen LogP contribution in [0.25, 0.3) is 0 Å². The fourth-order valence-electron chi connectivity index (χ4n) is 0.976. The molecule has 0 bridgehead atoms. The molecule has 1 heterocycles. The lowest BCUT2D eigenvalue weighted by atomic mass is 10.2. The summed E-state index contributed by atoms with van der Waals surface area (Å²) in [7, 11) is 0. The van der Waals surface area contributed by atoms with Gasteiger partial charge in [0, 0.05) is 6.20 Å². The van der Waals surface area contributed by atoms with E-state index in [9.17, 15) is 9.59 Å². The zero-order chi connectivity index (χ0) is 11.1. The van der Waals surface area contributed by atoms with Crippen molar-refractivity contribution in [2.45, 2.75) is 19.8 Å². The fourth-order valence-corrected chi connectivity index (χ4v) is 0.976. The van der Waals surface area contributed by atoms with Crippen molar-refractivity contribution in [3.8, 4) is 0 Å². The first kappa shape index (κ1) is 11.4. The second-order valence-corrected chi connectivity index (χ2v) is 3.03. The second-order valence-electron chi connectivity index (χ2n) is 3.03. The summed E-state index contributed by atoms with van der Waals surface area (Å²) in [6, 6.07) is 4.82. The van der Waals surface area contributed by atoms with Crippen molar-refractivity contribution < 1.29 is 14.3 Å². The lowest BCUT2D eigenvalue weighted by Crippen LogP contribution is -2.19. The Labute approximate surface area is 88.3 Å². The number of aromatic nitrogens is 1. The van der Waals surface area contributed by atoms with Crippen LogP contribution in [-0.4, -0.2) is 23.3 Å². The molecule has 0 fully saturated rings. The quantitative estimate of drug-likeness (QED) is 0.318. The number of hydrogen-bond acceptors (Lipinski definition) is 4. The molecule has 0 aromatic carbocycles. The molecule has 1 rings (SSSR count). The first-order valence-corrected chi connectivity index (χ1v) is 4.88. The molecule has 1 aromatic rings. The Bertz CT molecular complexity index is 335. The number of nitrogens with zero attached hydrogens (tertiary/aromatic N) is 1. The number of unbranched alkanes of at least 4 members (excludes halogenated alkanes) is 1. The summed E-state index contributed by atoms with van der Waals surface area (Å²) in [4.78, 5) is 26.4. The van der Waals surface area contributed by atoms with E-state index in [-0.39, 0.29) is 12.3 Å². The van der Waals surface area contributed by atoms with Gasteiger partial charge < -0.3 is 4.74 Å². The molecule has 0 amide bonds. The molecular weight excluding hydrogens is 194 g/mol. The molecule has 0 saturated heterocycles. The maximum absolute atomic E-state index is 11.4. The standard InChI is InChI=1S/C11H13NO3/c1-2-3-8-15-11(14)10(13)9-6-4-5-7-12-9/h4-7H,2-3,8H2,1H3. The van der Waals surface area contributed by atoms with E-state index in [0.717, 1.165) is 12.8 Å². The third kappa shape index (κ3) is 3.50. The van der Waals surface area contributed by atoms with Crippen LogP contribution in [-0.2, 0) is 9.53 Å². The van der Waals surface area contributed by atoms with Crippen molar-refractivity contribution in [1.82, 2.24) is 4.98 Å². The van der Waals surface area contributed by atoms with E-state index >= 15 is 0 Å². The molecule has 0 unspecified atom stereocenters. The maximum Gasteiger partial charge on any atom is 0.381 e. The number of hydrogen-bond donors (Lipinski definition) is 0. The van der Waals surface area contributed by atoms with Gasteiger partial charge in [-0.05, 0) is 18.6 Å². The van der Waals surface area contributed by atoms with Crippen LogP contribution in [0.4, 0.5) is 0 Å². The van der Waals surface area contributed by atoms with Gasteiger partial charge in [0.05, 0.1) is 6.61 Å². The highest BCUT2D eigenvalue weighted by Crippen LogP contribution is 1.98. The average molecular weight is 207 g/mol. The summed E-state index contributed by atoms with van der Waals surface area (Å²) >= 11 is 0. The minimum absolute atomic E-state index is 0.124. The van der Waals surface area contributed by atoms with Gasteiger partial charge in [0.25, 0.3) is 5.78 Å². The van der Waals surface area contributed by atoms with E-state index in [1.54, 1.807) is 12.1 Å². The molecule has 4 nitrogen and oxygen atoms in total. The smallest absolute Gasteiger partial charge is 0.381 e. The van der Waals surface area contributed by atoms with Gasteiger partial charge in [-0.1, -0.05) is 19.4 Å². The van der Waals surface area contributed by atoms with E-state index in [4.69, 9.17) is 4.74 Å². The van der Waals surface area contributed by atoms with Gasteiger partial charge >= 0.3 is 5.97 Å². The van der Waals surface area contributed by atoms with E-state index in [1.165, 1.54) is 12.3 Å². The van der Waals surface area contributed by atoms with E-state index in [1.807, 2.05) is 6.92 Å². The predicted octanol–water partition coefficient (Wildman–Crippen LogP) is 1.61. The summed E-state index contributed by atoms with van der Waals surface area (Å²) < 4.78 is 4.77. The minimum atomic E-state index is -0.831. The van der Waals surface area contributed by atoms with Gasteiger partial charge in [-0.3, -0.25) is 9.78 Å². The van der Waals surface area contributed by atoms with Gasteiger partial charge in [-0.25, -0.2) is 4.79 Å². The molecule has 80 valence electrons. The Hall–Kier alpha value is -1.71. The first-order valence-electron chi connectivity index (χ1n) is 4.88. The third-order valence-corrected chi connectivity index (χ3v) is 1.81. The van der Waals surface area contributed by atoms with Crippen LogP contribution in [0.1, 0.15) is 30.3 Å². The SMILES string of the molecule is CCCCOC(=O)C(=O)c1ccccn1. The van der Waals surface area contributed by atoms with Crippen LogP contribution in [0.3, 0.4) is 0 Å². The summed E-state index contributed by atoms with van der Waals surface area (Å²) in [5, 5.41) is 0. The van der Waals surface area contributed by atoms with Crippen LogP contribution in [0.2, 0.25) is 0 Å². The van der Waals surface area contributed by atoms with Crippen molar-refractivity contribution >= 4 is 11.8 Å². The van der Waals surface area contributed by atoms with E-state index in [2.05, 4.69) is 4.98 Å². The van der Waals surface area contributed by atoms with E-state index < -0.39 is 11.8 Å². The zero-order valence-electron chi connectivity index (χ0n) is 8.60. The molecule has 0 spiro atoms. The minimum Gasteiger partial charge on any atom is -0.460 e. The molecule has 15 heavy (non-hydrogen) atoms. The normalized spacial score (nSPS) is 9.67. The monoisotopic (exact) mass is 207 g/mol. The van der Waals surface area contributed by atoms with Crippen LogP contribution in [0, 0.1) is 0 Å². The Balaban J connectivity index is 2.50. The van der Waals surface area contributed by atoms with Crippen molar-refractivity contribution in [3.63, 3.8) is 0 Å². The molecule has 4 heteroatoms. The van der Waals surface area contributed by atoms with Gasteiger partial charge in [0.2, 0.25) is 0 Å². The molecule has 0 saturated carbocycles. The second kappa shape index (κ2) is 5.90. The highest BCUT2D eigenvalue weighted by atomic mass is 16.5. The predicted molar refractivity (Wildman–Crippen MR) is 54.4 cm³/mol. The van der Waals surface area contributed by atoms with Crippen molar-refractivity contribution in [2.75, 3.05) is 6.61 Å². The van der Waals surface area contributed by atoms with Crippen LogP contribution in [0.5, 0.6) is 0 Å². The molecular formula is C11H13NO3. The molecule has 0 atom stereocenters. The summed E-state index contributed by atoms with van der Waals surface area (Å²) in [6.45, 7) is 2.27. The number of rotatable bonds is 5. The molecule has 0 aliphatic carbocycles. The number of Topliss-reactive ketones (excluding diaryl/α,β-unsaturated/α-hetero) is 1. The Morgan fingerprint density at radius 3 is 2.80 bits per heavy atom. The molecule has 0 radical (unpaired) electrons. The number of carbonyl (C=O) groups excluding carboxylic acids is 2. The number of pyridine rings is 1. The lowest BCUT2D eigenvalue weighted by Gasteiger charge is -2.01. The Kier molecular flexibility index (Phi) is 4.47. The highest BCUT2D eigenvalue weighted by molar-refractivity contribution is 6.40. The molecule has 0 aliphatic heterocycles. The number of ketones is 1. The summed E-state index contributed by atoms with van der Waals surface area (Å²) in [5.74, 6) is -1.52. The third-order valence-electron chi connectivity index (χ3n) is 1.81. The largest absolute Gasteiger partial charge is 0.460 e. The number of carbonyl (C=O) groups is 2. The van der Waals surface area contributed by atoms with E-state index in [0.29, 0.717) is 0 Å². The molecule has 0 N–H and O–H groups in total. The Morgan fingerprint density at radius 1 is 1.40 bits per heavy atom. The van der Waals surface area contributed by atoms with Gasteiger partial charge in [0.15, 0.2) is 0 Å². The van der Waals surface area contributed by atoms with Crippen LogP contribution >= 0.6 is 0 Å². The molecule has 1 aromatic heterocycles. The van der Waals surface area contributed by atoms with Gasteiger partial charge in [-0.15, -0.1) is 0 Å². The Morgan fingerprint density at radius 2 is 2.20 bits per heavy atom. The summed E-state index contributed by atoms with van der Waals surface area (Å²) in [5.41, 5.74) is 0.124. The zero-order valence-corrected chi connectivity index (χ0v) is 8.60. The van der Waals surface area contributed by atoms with Crippen LogP contribution < -0.4 is 0 Å². The molecule has 0 aliphatic rings. The van der Waals surface area contributed by atoms with Crippen molar-refractivity contribution in [1.29, 1.82) is 0 Å². The van der Waals surface area contributed by atoms with Gasteiger partial charge in [-0.2, -0.15) is 0 Å². The maximum atomic E-state index is 11.4. The first-order chi connectivity index (χ1) is 7.25. The van der Waals surface area contributed by atoms with Crippen molar-refractivity contribution in [3.05, 3.63) is 30.1 Å². The van der Waals surface area contributed by atoms with Gasteiger partial charge in [0.1, 0.15) is 5.69 Å². The fraction of sp³-hybridized carbons (Fsp3) is 0.364. The average Bonchev–Trinajstić information content (AvgIpc) is 2.29. The number of esters is 1. The van der Waals surface area contributed by atoms with Crippen molar-refractivity contribution in [2.24, 2.45) is 0 Å².